The summed E-state index contributed by atoms with van der Waals surface area (Å²) in [5, 5.41) is 17.4. The predicted molar refractivity (Wildman–Crippen MR) is 220 cm³/mol. The van der Waals surface area contributed by atoms with Crippen molar-refractivity contribution < 1.29 is 19.1 Å². The maximum Gasteiger partial charge on any atom is 0.338 e. The number of alkyl halides is 2. The second-order valence-electron chi connectivity index (χ2n) is 14.0. The van der Waals surface area contributed by atoms with Gasteiger partial charge in [-0.3, -0.25) is 0 Å². The molecule has 2 aromatic carbocycles. The number of hydrogen-bond acceptors (Lipinski definition) is 8. The summed E-state index contributed by atoms with van der Waals surface area (Å²) in [4.78, 5) is 25.8. The summed E-state index contributed by atoms with van der Waals surface area (Å²) in [7, 11) is 0. The van der Waals surface area contributed by atoms with Crippen molar-refractivity contribution in [2.45, 2.75) is 78.7 Å². The van der Waals surface area contributed by atoms with Gasteiger partial charge in [0.1, 0.15) is 39.9 Å². The van der Waals surface area contributed by atoms with Crippen molar-refractivity contribution >= 4 is 105 Å². The lowest BCUT2D eigenvalue weighted by atomic mass is 9.95. The molecule has 2 unspecified atom stereocenters. The van der Waals surface area contributed by atoms with E-state index < -0.39 is 35.2 Å². The summed E-state index contributed by atoms with van der Waals surface area (Å²) in [6.07, 6.45) is 3.21. The van der Waals surface area contributed by atoms with Crippen LogP contribution in [0.1, 0.15) is 78.6 Å². The Balaban J connectivity index is 0.000000225. The quantitative estimate of drug-likeness (QED) is 0.154. The van der Waals surface area contributed by atoms with Crippen LogP contribution in [-0.2, 0) is 19.1 Å². The fourth-order valence-electron chi connectivity index (χ4n) is 5.61. The Bertz CT molecular complexity index is 2100. The van der Waals surface area contributed by atoms with Crippen molar-refractivity contribution in [2.75, 3.05) is 16.0 Å². The van der Waals surface area contributed by atoms with E-state index in [1.807, 2.05) is 60.6 Å². The van der Waals surface area contributed by atoms with Gasteiger partial charge in [0.2, 0.25) is 0 Å². The molecule has 0 radical (unpaired) electrons. The first-order chi connectivity index (χ1) is 25.2. The number of nitrogens with one attached hydrogen (secondary N) is 2. The minimum atomic E-state index is -0.630. The van der Waals surface area contributed by atoms with Gasteiger partial charge in [0.25, 0.3) is 0 Å². The summed E-state index contributed by atoms with van der Waals surface area (Å²) in [5.74, 6) is 0.569. The Morgan fingerprint density at radius 1 is 0.667 bits per heavy atom. The summed E-state index contributed by atoms with van der Waals surface area (Å²) >= 11 is 40.2. The number of carbonyl (C=O) groups is 2. The fourth-order valence-corrected chi connectivity index (χ4v) is 6.40. The first-order valence-electron chi connectivity index (χ1n) is 16.4. The van der Waals surface area contributed by atoms with Gasteiger partial charge < -0.3 is 20.1 Å². The van der Waals surface area contributed by atoms with E-state index in [2.05, 4.69) is 20.8 Å². The van der Waals surface area contributed by atoms with Gasteiger partial charge in [0.15, 0.2) is 0 Å². The smallest absolute Gasteiger partial charge is 0.338 e. The zero-order chi connectivity index (χ0) is 40.3. The summed E-state index contributed by atoms with van der Waals surface area (Å²) in [6, 6.07) is 11.4. The third-order valence-electron chi connectivity index (χ3n) is 7.64. The summed E-state index contributed by atoms with van der Waals surface area (Å²) < 4.78 is 14.6. The molecule has 2 aliphatic rings. The predicted octanol–water partition coefficient (Wildman–Crippen LogP) is 11.7. The van der Waals surface area contributed by atoms with Gasteiger partial charge in [-0.05, 0) is 90.8 Å². The van der Waals surface area contributed by atoms with Crippen LogP contribution in [0.3, 0.4) is 0 Å². The second-order valence-corrected chi connectivity index (χ2v) is 16.9. The van der Waals surface area contributed by atoms with Crippen molar-refractivity contribution in [1.82, 2.24) is 19.6 Å². The molecule has 17 heteroatoms. The van der Waals surface area contributed by atoms with Gasteiger partial charge >= 0.3 is 11.9 Å². The molecule has 54 heavy (non-hydrogen) atoms. The topological polar surface area (TPSA) is 112 Å². The van der Waals surface area contributed by atoms with Crippen LogP contribution in [0.4, 0.5) is 11.6 Å². The molecular weight excluding hydrogens is 841 g/mol. The van der Waals surface area contributed by atoms with Gasteiger partial charge in [0.05, 0.1) is 49.0 Å². The number of aromatic nitrogens is 4. The highest BCUT2D eigenvalue weighted by Crippen LogP contribution is 2.41. The van der Waals surface area contributed by atoms with Crippen molar-refractivity contribution in [2.24, 2.45) is 0 Å². The molecule has 0 fully saturated rings. The highest BCUT2D eigenvalue weighted by Gasteiger charge is 2.37. The van der Waals surface area contributed by atoms with Crippen molar-refractivity contribution in [3.63, 3.8) is 0 Å². The Morgan fingerprint density at radius 3 is 1.56 bits per heavy atom. The number of carbonyl (C=O) groups excluding carboxylic acids is 2. The van der Waals surface area contributed by atoms with E-state index >= 15 is 0 Å². The SMILES string of the molecule is CC1=C(C(=O)OC(C)(C)C)C(c2ccc(Cl)c(Cl)c2)n2ncc(Cl)c2N1.CC1=C(C(=O)OC(C)(C)C)C(c2ccc(Cl)c(Cl)c2)n2nccc2N1.ClCCl. The van der Waals surface area contributed by atoms with Crippen LogP contribution in [0, 0.1) is 0 Å². The first-order valence-corrected chi connectivity index (χ1v) is 19.3. The average molecular weight is 880 g/mol. The van der Waals surface area contributed by atoms with Crippen LogP contribution >= 0.6 is 81.2 Å². The molecule has 0 aliphatic carbocycles. The number of hydrogen-bond donors (Lipinski definition) is 2. The number of anilines is 2. The van der Waals surface area contributed by atoms with E-state index in [0.717, 1.165) is 22.6 Å². The number of allylic oxidation sites excluding steroid dienone is 2. The highest BCUT2D eigenvalue weighted by atomic mass is 35.5. The minimum absolute atomic E-state index is 0.194. The van der Waals surface area contributed by atoms with Crippen LogP contribution in [0.15, 0.2) is 77.4 Å². The number of halogens is 7. The largest absolute Gasteiger partial charge is 0.456 e. The molecule has 2 N–H and O–H groups in total. The maximum atomic E-state index is 12.9. The molecule has 6 rings (SSSR count). The molecule has 4 aromatic rings. The number of benzene rings is 2. The van der Waals surface area contributed by atoms with Crippen LogP contribution in [0.2, 0.25) is 25.1 Å². The Hall–Kier alpha value is -3.09. The number of esters is 2. The highest BCUT2D eigenvalue weighted by molar-refractivity contribution is 6.42. The Kier molecular flexibility index (Phi) is 14.4. The second kappa shape index (κ2) is 17.8. The van der Waals surface area contributed by atoms with Gasteiger partial charge in [0, 0.05) is 17.5 Å². The molecule has 10 nitrogen and oxygen atoms in total. The lowest BCUT2D eigenvalue weighted by Gasteiger charge is -2.31. The molecule has 2 atom stereocenters. The van der Waals surface area contributed by atoms with Crippen molar-refractivity contribution in [3.05, 3.63) is 114 Å². The first kappa shape index (κ1) is 43.6. The van der Waals surface area contributed by atoms with Crippen molar-refractivity contribution in [3.8, 4) is 0 Å². The molecule has 0 amide bonds. The lowest BCUT2D eigenvalue weighted by Crippen LogP contribution is -2.33. The molecule has 4 heterocycles. The van der Waals surface area contributed by atoms with E-state index in [4.69, 9.17) is 90.7 Å². The van der Waals surface area contributed by atoms with E-state index in [1.54, 1.807) is 52.8 Å². The molecule has 0 saturated heterocycles. The minimum Gasteiger partial charge on any atom is -0.456 e. The van der Waals surface area contributed by atoms with E-state index in [1.165, 1.54) is 6.20 Å². The molecule has 290 valence electrons. The third-order valence-corrected chi connectivity index (χ3v) is 9.40. The van der Waals surface area contributed by atoms with Gasteiger partial charge in [-0.15, -0.1) is 23.2 Å². The number of rotatable bonds is 4. The zero-order valence-corrected chi connectivity index (χ0v) is 35.9. The lowest BCUT2D eigenvalue weighted by molar-refractivity contribution is -0.151. The summed E-state index contributed by atoms with van der Waals surface area (Å²) in [6.45, 7) is 14.6. The van der Waals surface area contributed by atoms with Gasteiger partial charge in [-0.1, -0.05) is 70.1 Å². The zero-order valence-electron chi connectivity index (χ0n) is 30.6. The standard InChI is InChI=1S/C18H18Cl3N3O2.C18H19Cl2N3O2.CH2Cl2/c1-9-14(17(25)26-18(2,3)4)15(10-5-6-11(19)12(20)7-10)24-16(23-9)13(21)8-22-24;1-10-15(17(24)25-18(2,3)4)16(23-14(22-10)7-8-21-23)11-5-6-12(19)13(20)9-11;2-1-3/h5-8,15,23H,1-4H3;5-9,16,22H,1-4H3;1H2. The van der Waals surface area contributed by atoms with Crippen LogP contribution in [-0.4, -0.2) is 48.0 Å². The van der Waals surface area contributed by atoms with E-state index in [0.29, 0.717) is 47.8 Å². The number of fused-ring (bicyclic) bond motifs is 2. The van der Waals surface area contributed by atoms with Crippen LogP contribution in [0.5, 0.6) is 0 Å². The number of nitrogens with zero attached hydrogens (tertiary/aromatic N) is 4. The Morgan fingerprint density at radius 2 is 1.11 bits per heavy atom. The fraction of sp³-hybridized carbons (Fsp3) is 0.351. The van der Waals surface area contributed by atoms with Crippen LogP contribution in [0.25, 0.3) is 0 Å². The van der Waals surface area contributed by atoms with E-state index in [-0.39, 0.29) is 5.34 Å². The monoisotopic (exact) mass is 876 g/mol. The van der Waals surface area contributed by atoms with Crippen LogP contribution < -0.4 is 10.6 Å². The van der Waals surface area contributed by atoms with Gasteiger partial charge in [-0.2, -0.15) is 10.2 Å². The molecule has 2 aromatic heterocycles. The average Bonchev–Trinajstić information content (AvgIpc) is 3.67. The Labute approximate surface area is 349 Å². The maximum absolute atomic E-state index is 12.9. The summed E-state index contributed by atoms with van der Waals surface area (Å²) in [5.41, 5.74) is 2.62. The molecule has 0 spiro atoms. The number of ether oxygens (including phenoxy) is 2. The molecular formula is C37H39Cl7N6O4. The molecule has 2 aliphatic heterocycles. The molecule has 0 saturated carbocycles. The molecule has 0 bridgehead atoms. The van der Waals surface area contributed by atoms with Gasteiger partial charge in [-0.25, -0.2) is 19.0 Å². The third kappa shape index (κ3) is 10.4. The van der Waals surface area contributed by atoms with E-state index in [9.17, 15) is 9.59 Å². The van der Waals surface area contributed by atoms with Crippen molar-refractivity contribution in [1.29, 1.82) is 0 Å². The normalized spacial score (nSPS) is 16.4.